The smallest absolute Gasteiger partial charge is 0.253 e. The van der Waals surface area contributed by atoms with Crippen molar-refractivity contribution in [2.75, 3.05) is 12.4 Å². The fraction of sp³-hybridized carbons (Fsp3) is 0.588. The molecule has 2 unspecified atom stereocenters. The van der Waals surface area contributed by atoms with E-state index in [0.717, 1.165) is 35.6 Å². The molecule has 1 aliphatic carbocycles. The van der Waals surface area contributed by atoms with E-state index in [1.807, 2.05) is 32.2 Å². The van der Waals surface area contributed by atoms with Gasteiger partial charge in [0.1, 0.15) is 0 Å². The van der Waals surface area contributed by atoms with Gasteiger partial charge >= 0.3 is 0 Å². The Bertz CT molecular complexity index is 470. The summed E-state index contributed by atoms with van der Waals surface area (Å²) in [5.74, 6) is 0.829. The predicted octanol–water partition coefficient (Wildman–Crippen LogP) is 3.74. The van der Waals surface area contributed by atoms with Crippen molar-refractivity contribution in [1.82, 2.24) is 5.32 Å². The molecule has 2 N–H and O–H groups in total. The third-order valence-corrected chi connectivity index (χ3v) is 4.38. The van der Waals surface area contributed by atoms with Gasteiger partial charge in [0.2, 0.25) is 0 Å². The first-order chi connectivity index (χ1) is 9.63. The zero-order chi connectivity index (χ0) is 14.5. The number of rotatable bonds is 4. The van der Waals surface area contributed by atoms with Crippen LogP contribution in [0, 0.1) is 12.8 Å². The number of amides is 1. The molecule has 3 heteroatoms. The van der Waals surface area contributed by atoms with Gasteiger partial charge in [0.05, 0.1) is 5.56 Å². The lowest BCUT2D eigenvalue weighted by molar-refractivity contribution is 0.0920. The van der Waals surface area contributed by atoms with Crippen LogP contribution in [0.25, 0.3) is 0 Å². The summed E-state index contributed by atoms with van der Waals surface area (Å²) in [6.45, 7) is 4.26. The summed E-state index contributed by atoms with van der Waals surface area (Å²) in [5, 5.41) is 6.32. The highest BCUT2D eigenvalue weighted by Crippen LogP contribution is 2.27. The first-order valence-electron chi connectivity index (χ1n) is 7.73. The van der Waals surface area contributed by atoms with E-state index >= 15 is 0 Å². The van der Waals surface area contributed by atoms with Gasteiger partial charge in [-0.05, 0) is 37.8 Å². The number of benzene rings is 1. The third kappa shape index (κ3) is 3.53. The van der Waals surface area contributed by atoms with Crippen LogP contribution in [0.3, 0.4) is 0 Å². The Balaban J connectivity index is 2.06. The van der Waals surface area contributed by atoms with Crippen LogP contribution in [-0.2, 0) is 0 Å². The van der Waals surface area contributed by atoms with Crippen molar-refractivity contribution in [3.8, 4) is 0 Å². The minimum absolute atomic E-state index is 0.0554. The Morgan fingerprint density at radius 1 is 1.35 bits per heavy atom. The zero-order valence-corrected chi connectivity index (χ0v) is 12.8. The van der Waals surface area contributed by atoms with E-state index in [1.54, 1.807) is 0 Å². The summed E-state index contributed by atoms with van der Waals surface area (Å²) in [7, 11) is 1.86. The van der Waals surface area contributed by atoms with Crippen molar-refractivity contribution in [2.45, 2.75) is 52.0 Å². The van der Waals surface area contributed by atoms with Crippen molar-refractivity contribution in [3.63, 3.8) is 0 Å². The minimum atomic E-state index is 0.0554. The normalized spacial score (nSPS) is 22.4. The van der Waals surface area contributed by atoms with Crippen LogP contribution < -0.4 is 10.6 Å². The molecule has 2 rings (SSSR count). The molecule has 0 radical (unpaired) electrons. The molecule has 0 saturated heterocycles. The van der Waals surface area contributed by atoms with E-state index in [0.29, 0.717) is 6.04 Å². The van der Waals surface area contributed by atoms with Crippen LogP contribution in [0.4, 0.5) is 5.69 Å². The number of aryl methyl sites for hydroxylation is 1. The molecule has 0 aromatic heterocycles. The number of hydrogen-bond acceptors (Lipinski definition) is 2. The SMILES string of the molecule is CCC1CCCC(NC(=O)c2cc(C)ccc2NC)C1. The number of nitrogens with one attached hydrogen (secondary N) is 2. The molecule has 0 bridgehead atoms. The first kappa shape index (κ1) is 14.9. The van der Waals surface area contributed by atoms with E-state index in [1.165, 1.54) is 19.3 Å². The van der Waals surface area contributed by atoms with Gasteiger partial charge in [-0.2, -0.15) is 0 Å². The number of carbonyl (C=O) groups is 1. The molecule has 20 heavy (non-hydrogen) atoms. The van der Waals surface area contributed by atoms with Crippen LogP contribution in [0.15, 0.2) is 18.2 Å². The summed E-state index contributed by atoms with van der Waals surface area (Å²) in [6, 6.07) is 6.30. The van der Waals surface area contributed by atoms with Gasteiger partial charge in [0.15, 0.2) is 0 Å². The van der Waals surface area contributed by atoms with Gasteiger partial charge in [-0.1, -0.05) is 37.8 Å². The molecule has 2 atom stereocenters. The lowest BCUT2D eigenvalue weighted by atomic mass is 9.84. The summed E-state index contributed by atoms with van der Waals surface area (Å²) < 4.78 is 0. The average molecular weight is 274 g/mol. The third-order valence-electron chi connectivity index (χ3n) is 4.38. The van der Waals surface area contributed by atoms with Gasteiger partial charge in [-0.15, -0.1) is 0 Å². The molecule has 1 aromatic rings. The summed E-state index contributed by atoms with van der Waals surface area (Å²) >= 11 is 0. The van der Waals surface area contributed by atoms with E-state index in [-0.39, 0.29) is 5.91 Å². The number of hydrogen-bond donors (Lipinski definition) is 2. The molecule has 1 fully saturated rings. The van der Waals surface area contributed by atoms with Crippen molar-refractivity contribution in [3.05, 3.63) is 29.3 Å². The van der Waals surface area contributed by atoms with E-state index in [9.17, 15) is 4.79 Å². The first-order valence-corrected chi connectivity index (χ1v) is 7.73. The molecule has 0 heterocycles. The summed E-state index contributed by atoms with van der Waals surface area (Å²) in [4.78, 5) is 12.5. The second kappa shape index (κ2) is 6.78. The topological polar surface area (TPSA) is 41.1 Å². The lowest BCUT2D eigenvalue weighted by Gasteiger charge is -2.29. The molecule has 3 nitrogen and oxygen atoms in total. The Morgan fingerprint density at radius 3 is 2.85 bits per heavy atom. The van der Waals surface area contributed by atoms with Crippen LogP contribution in [0.2, 0.25) is 0 Å². The minimum Gasteiger partial charge on any atom is -0.387 e. The molecule has 110 valence electrons. The Morgan fingerprint density at radius 2 is 2.15 bits per heavy atom. The van der Waals surface area contributed by atoms with Crippen molar-refractivity contribution in [1.29, 1.82) is 0 Å². The average Bonchev–Trinajstić information content (AvgIpc) is 2.47. The fourth-order valence-corrected chi connectivity index (χ4v) is 3.12. The highest BCUT2D eigenvalue weighted by Gasteiger charge is 2.23. The molecular formula is C17H26N2O. The molecule has 1 aromatic carbocycles. The van der Waals surface area contributed by atoms with Crippen LogP contribution >= 0.6 is 0 Å². The second-order valence-corrected chi connectivity index (χ2v) is 5.91. The Labute approximate surface area is 122 Å². The maximum Gasteiger partial charge on any atom is 0.253 e. The van der Waals surface area contributed by atoms with Gasteiger partial charge in [0.25, 0.3) is 5.91 Å². The highest BCUT2D eigenvalue weighted by atomic mass is 16.1. The monoisotopic (exact) mass is 274 g/mol. The zero-order valence-electron chi connectivity index (χ0n) is 12.8. The quantitative estimate of drug-likeness (QED) is 0.878. The molecular weight excluding hydrogens is 248 g/mol. The largest absolute Gasteiger partial charge is 0.387 e. The summed E-state index contributed by atoms with van der Waals surface area (Å²) in [5.41, 5.74) is 2.77. The number of anilines is 1. The van der Waals surface area contributed by atoms with Crippen molar-refractivity contribution < 1.29 is 4.79 Å². The fourth-order valence-electron chi connectivity index (χ4n) is 3.12. The Kier molecular flexibility index (Phi) is 5.05. The molecule has 0 aliphatic heterocycles. The standard InChI is InChI=1S/C17H26N2O/c1-4-13-6-5-7-14(11-13)19-17(20)15-10-12(2)8-9-16(15)18-3/h8-10,13-14,18H,4-7,11H2,1-3H3,(H,19,20). The van der Waals surface area contributed by atoms with Gasteiger partial charge in [0, 0.05) is 18.8 Å². The van der Waals surface area contributed by atoms with E-state index < -0.39 is 0 Å². The predicted molar refractivity (Wildman–Crippen MR) is 84.2 cm³/mol. The lowest BCUT2D eigenvalue weighted by Crippen LogP contribution is -2.38. The highest BCUT2D eigenvalue weighted by molar-refractivity contribution is 6.00. The summed E-state index contributed by atoms with van der Waals surface area (Å²) in [6.07, 6.45) is 6.01. The molecule has 1 saturated carbocycles. The number of carbonyl (C=O) groups excluding carboxylic acids is 1. The molecule has 0 spiro atoms. The van der Waals surface area contributed by atoms with E-state index in [4.69, 9.17) is 0 Å². The van der Waals surface area contributed by atoms with Gasteiger partial charge < -0.3 is 10.6 Å². The second-order valence-electron chi connectivity index (χ2n) is 5.91. The maximum atomic E-state index is 12.5. The van der Waals surface area contributed by atoms with Crippen LogP contribution in [0.5, 0.6) is 0 Å². The molecule has 1 aliphatic rings. The van der Waals surface area contributed by atoms with Gasteiger partial charge in [-0.25, -0.2) is 0 Å². The maximum absolute atomic E-state index is 12.5. The van der Waals surface area contributed by atoms with Crippen molar-refractivity contribution in [2.24, 2.45) is 5.92 Å². The van der Waals surface area contributed by atoms with E-state index in [2.05, 4.69) is 17.6 Å². The van der Waals surface area contributed by atoms with Gasteiger partial charge in [-0.3, -0.25) is 4.79 Å². The van der Waals surface area contributed by atoms with Crippen LogP contribution in [-0.4, -0.2) is 19.0 Å². The Hall–Kier alpha value is -1.51. The molecule has 1 amide bonds. The van der Waals surface area contributed by atoms with Crippen LogP contribution in [0.1, 0.15) is 54.9 Å². The van der Waals surface area contributed by atoms with Crippen molar-refractivity contribution >= 4 is 11.6 Å².